The number of carbonyl (C=O) groups excluding carboxylic acids is 2. The lowest BCUT2D eigenvalue weighted by Crippen LogP contribution is -2.47. The highest BCUT2D eigenvalue weighted by molar-refractivity contribution is 9.10. The molecule has 1 N–H and O–H groups in total. The van der Waals surface area contributed by atoms with Crippen molar-refractivity contribution >= 4 is 27.7 Å². The molecule has 1 aromatic carbocycles. The van der Waals surface area contributed by atoms with Gasteiger partial charge in [-0.1, -0.05) is 0 Å². The number of nitrogens with one attached hydrogen (secondary N) is 1. The molecular weight excluding hydrogens is 339 g/mol. The number of rotatable bonds is 4. The summed E-state index contributed by atoms with van der Waals surface area (Å²) < 4.78 is 13.8. The second kappa shape index (κ2) is 7.02. The summed E-state index contributed by atoms with van der Waals surface area (Å²) in [4.78, 5) is 25.6. The van der Waals surface area contributed by atoms with Crippen LogP contribution in [0, 0.1) is 5.82 Å². The van der Waals surface area contributed by atoms with Crippen molar-refractivity contribution in [3.8, 4) is 0 Å². The molecule has 1 rings (SSSR count). The Balaban J connectivity index is 2.82. The van der Waals surface area contributed by atoms with Crippen molar-refractivity contribution in [2.45, 2.75) is 33.2 Å². The molecule has 0 aliphatic carbocycles. The van der Waals surface area contributed by atoms with Crippen LogP contribution < -0.4 is 5.32 Å². The molecule has 0 aliphatic rings. The minimum atomic E-state index is -0.504. The number of benzene rings is 1. The van der Waals surface area contributed by atoms with E-state index in [1.165, 1.54) is 17.0 Å². The van der Waals surface area contributed by atoms with Gasteiger partial charge in [0.2, 0.25) is 5.91 Å². The van der Waals surface area contributed by atoms with Crippen molar-refractivity contribution in [1.82, 2.24) is 10.2 Å². The third kappa shape index (κ3) is 5.46. The van der Waals surface area contributed by atoms with Crippen LogP contribution in [0.2, 0.25) is 0 Å². The highest BCUT2D eigenvalue weighted by atomic mass is 79.9. The lowest BCUT2D eigenvalue weighted by Gasteiger charge is -2.25. The molecule has 0 saturated heterocycles. The van der Waals surface area contributed by atoms with Crippen molar-refractivity contribution < 1.29 is 14.0 Å². The smallest absolute Gasteiger partial charge is 0.254 e. The first-order chi connectivity index (χ1) is 9.64. The maximum absolute atomic E-state index is 13.5. The Morgan fingerprint density at radius 3 is 2.43 bits per heavy atom. The molecule has 0 saturated carbocycles. The molecule has 0 heterocycles. The molecule has 21 heavy (non-hydrogen) atoms. The van der Waals surface area contributed by atoms with Crippen LogP contribution in [0.4, 0.5) is 4.39 Å². The van der Waals surface area contributed by atoms with E-state index in [1.807, 2.05) is 20.8 Å². The topological polar surface area (TPSA) is 49.4 Å². The minimum Gasteiger partial charge on any atom is -0.350 e. The molecule has 0 fully saturated rings. The number of carbonyl (C=O) groups is 2. The van der Waals surface area contributed by atoms with Crippen LogP contribution >= 0.6 is 15.9 Å². The zero-order chi connectivity index (χ0) is 16.2. The predicted octanol–water partition coefficient (Wildman–Crippen LogP) is 2.97. The summed E-state index contributed by atoms with van der Waals surface area (Å²) in [5, 5.41) is 2.80. The van der Waals surface area contributed by atoms with Crippen LogP contribution in [0.15, 0.2) is 22.7 Å². The standard InChI is InChI=1S/C15H20BrFN2O2/c1-5-19(9-13(20)18-15(2,3)4)14(21)10-6-7-11(16)12(17)8-10/h6-8H,5,9H2,1-4H3,(H,18,20). The fourth-order valence-electron chi connectivity index (χ4n) is 1.77. The Bertz CT molecular complexity index is 541. The molecule has 2 amide bonds. The predicted molar refractivity (Wildman–Crippen MR) is 83.6 cm³/mol. The average molecular weight is 359 g/mol. The van der Waals surface area contributed by atoms with E-state index >= 15 is 0 Å². The Kier molecular flexibility index (Phi) is 5.89. The van der Waals surface area contributed by atoms with E-state index < -0.39 is 5.82 Å². The fourth-order valence-corrected chi connectivity index (χ4v) is 2.02. The van der Waals surface area contributed by atoms with Gasteiger partial charge in [-0.25, -0.2) is 4.39 Å². The van der Waals surface area contributed by atoms with Gasteiger partial charge in [-0.05, 0) is 61.8 Å². The molecule has 116 valence electrons. The summed E-state index contributed by atoms with van der Waals surface area (Å²) >= 11 is 3.04. The fraction of sp³-hybridized carbons (Fsp3) is 0.467. The molecule has 1 aromatic rings. The van der Waals surface area contributed by atoms with Crippen LogP contribution in [0.1, 0.15) is 38.1 Å². The van der Waals surface area contributed by atoms with E-state index in [0.29, 0.717) is 11.0 Å². The molecule has 0 atom stereocenters. The van der Waals surface area contributed by atoms with Crippen LogP contribution in [0.25, 0.3) is 0 Å². The lowest BCUT2D eigenvalue weighted by molar-refractivity contribution is -0.123. The van der Waals surface area contributed by atoms with E-state index in [4.69, 9.17) is 0 Å². The van der Waals surface area contributed by atoms with Gasteiger partial charge in [-0.15, -0.1) is 0 Å². The van der Waals surface area contributed by atoms with Crippen LogP contribution in [-0.2, 0) is 4.79 Å². The van der Waals surface area contributed by atoms with Gasteiger partial charge < -0.3 is 10.2 Å². The zero-order valence-corrected chi connectivity index (χ0v) is 14.3. The quantitative estimate of drug-likeness (QED) is 0.899. The van der Waals surface area contributed by atoms with Crippen LogP contribution in [0.3, 0.4) is 0 Å². The van der Waals surface area contributed by atoms with Gasteiger partial charge in [0.25, 0.3) is 5.91 Å². The molecule has 0 spiro atoms. The molecule has 4 nitrogen and oxygen atoms in total. The Labute approximate surface area is 132 Å². The first-order valence-corrected chi connectivity index (χ1v) is 7.48. The molecule has 0 aromatic heterocycles. The summed E-state index contributed by atoms with van der Waals surface area (Å²) in [7, 11) is 0. The lowest BCUT2D eigenvalue weighted by atomic mass is 10.1. The number of hydrogen-bond acceptors (Lipinski definition) is 2. The first kappa shape index (κ1) is 17.6. The van der Waals surface area contributed by atoms with Crippen molar-refractivity contribution in [2.75, 3.05) is 13.1 Å². The van der Waals surface area contributed by atoms with E-state index in [0.717, 1.165) is 6.07 Å². The minimum absolute atomic E-state index is 0.0513. The third-order valence-corrected chi connectivity index (χ3v) is 3.33. The summed E-state index contributed by atoms with van der Waals surface area (Å²) in [5.41, 5.74) is -0.135. The number of amides is 2. The second-order valence-electron chi connectivity index (χ2n) is 5.75. The molecule has 0 aliphatic heterocycles. The van der Waals surface area contributed by atoms with Gasteiger partial charge >= 0.3 is 0 Å². The highest BCUT2D eigenvalue weighted by Crippen LogP contribution is 2.17. The Morgan fingerprint density at radius 1 is 1.33 bits per heavy atom. The largest absolute Gasteiger partial charge is 0.350 e. The van der Waals surface area contributed by atoms with E-state index in [1.54, 1.807) is 6.92 Å². The summed E-state index contributed by atoms with van der Waals surface area (Å²) in [6, 6.07) is 4.17. The molecule has 0 radical (unpaired) electrons. The maximum atomic E-state index is 13.5. The number of hydrogen-bond donors (Lipinski definition) is 1. The zero-order valence-electron chi connectivity index (χ0n) is 12.7. The van der Waals surface area contributed by atoms with Crippen LogP contribution in [0.5, 0.6) is 0 Å². The normalized spacial score (nSPS) is 11.1. The van der Waals surface area contributed by atoms with Gasteiger partial charge in [0.1, 0.15) is 5.82 Å². The summed E-state index contributed by atoms with van der Waals surface area (Å²) in [5.74, 6) is -1.11. The van der Waals surface area contributed by atoms with E-state index in [9.17, 15) is 14.0 Å². The molecular formula is C15H20BrFN2O2. The average Bonchev–Trinajstić information content (AvgIpc) is 2.36. The Morgan fingerprint density at radius 2 is 1.95 bits per heavy atom. The van der Waals surface area contributed by atoms with Crippen molar-refractivity contribution in [3.05, 3.63) is 34.1 Å². The van der Waals surface area contributed by atoms with Crippen LogP contribution in [-0.4, -0.2) is 35.3 Å². The number of halogens is 2. The van der Waals surface area contributed by atoms with Gasteiger partial charge in [0.05, 0.1) is 11.0 Å². The highest BCUT2D eigenvalue weighted by Gasteiger charge is 2.21. The molecule has 0 unspecified atom stereocenters. The first-order valence-electron chi connectivity index (χ1n) is 6.69. The van der Waals surface area contributed by atoms with Gasteiger partial charge in [0.15, 0.2) is 0 Å². The van der Waals surface area contributed by atoms with Crippen molar-refractivity contribution in [1.29, 1.82) is 0 Å². The third-order valence-electron chi connectivity index (χ3n) is 2.68. The number of likely N-dealkylation sites (N-methyl/N-ethyl adjacent to an activating group) is 1. The van der Waals surface area contributed by atoms with Gasteiger partial charge in [0, 0.05) is 17.6 Å². The van der Waals surface area contributed by atoms with Gasteiger partial charge in [-0.2, -0.15) is 0 Å². The SMILES string of the molecule is CCN(CC(=O)NC(C)(C)C)C(=O)c1ccc(Br)c(F)c1. The Hall–Kier alpha value is -1.43. The van der Waals surface area contributed by atoms with E-state index in [2.05, 4.69) is 21.2 Å². The van der Waals surface area contributed by atoms with Crippen molar-refractivity contribution in [3.63, 3.8) is 0 Å². The summed E-state index contributed by atoms with van der Waals surface area (Å²) in [6.07, 6.45) is 0. The molecule has 6 heteroatoms. The maximum Gasteiger partial charge on any atom is 0.254 e. The molecule has 0 bridgehead atoms. The second-order valence-corrected chi connectivity index (χ2v) is 6.60. The van der Waals surface area contributed by atoms with Gasteiger partial charge in [-0.3, -0.25) is 9.59 Å². The van der Waals surface area contributed by atoms with E-state index in [-0.39, 0.29) is 29.5 Å². The monoisotopic (exact) mass is 358 g/mol. The summed E-state index contributed by atoms with van der Waals surface area (Å²) in [6.45, 7) is 7.70. The van der Waals surface area contributed by atoms with Crippen molar-refractivity contribution in [2.24, 2.45) is 0 Å². The number of nitrogens with zero attached hydrogens (tertiary/aromatic N) is 1.